The summed E-state index contributed by atoms with van der Waals surface area (Å²) in [6, 6.07) is 2.55. The molecule has 1 N–H and O–H groups in total. The average Bonchev–Trinajstić information content (AvgIpc) is 2.21. The molecular formula is C12H19N3O. The molecule has 1 aromatic heterocycles. The van der Waals surface area contributed by atoms with Gasteiger partial charge in [-0.25, -0.2) is 9.97 Å². The molecule has 88 valence electrons. The van der Waals surface area contributed by atoms with Crippen LogP contribution >= 0.6 is 0 Å². The van der Waals surface area contributed by atoms with Crippen LogP contribution in [0.25, 0.3) is 0 Å². The first-order valence-corrected chi connectivity index (χ1v) is 5.91. The zero-order valence-electron chi connectivity index (χ0n) is 9.94. The number of hydrogen-bond acceptors (Lipinski definition) is 4. The van der Waals surface area contributed by atoms with Gasteiger partial charge in [0.15, 0.2) is 0 Å². The van der Waals surface area contributed by atoms with Gasteiger partial charge >= 0.3 is 0 Å². The minimum Gasteiger partial charge on any atom is -0.378 e. The third kappa shape index (κ3) is 3.00. The second-order valence-electron chi connectivity index (χ2n) is 4.22. The molecule has 0 spiro atoms. The van der Waals surface area contributed by atoms with Gasteiger partial charge in [-0.15, -0.1) is 0 Å². The van der Waals surface area contributed by atoms with E-state index < -0.39 is 0 Å². The molecule has 1 aliphatic rings. The van der Waals surface area contributed by atoms with Gasteiger partial charge in [0.2, 0.25) is 0 Å². The van der Waals surface area contributed by atoms with Gasteiger partial charge in [-0.1, -0.05) is 0 Å². The Balaban J connectivity index is 1.69. The fourth-order valence-electron chi connectivity index (χ4n) is 1.96. The highest BCUT2D eigenvalue weighted by Gasteiger charge is 2.28. The number of aryl methyl sites for hydroxylation is 1. The summed E-state index contributed by atoms with van der Waals surface area (Å²) in [7, 11) is 0. The third-order valence-electron chi connectivity index (χ3n) is 2.90. The third-order valence-corrected chi connectivity index (χ3v) is 2.90. The van der Waals surface area contributed by atoms with Crippen LogP contribution in [0.3, 0.4) is 0 Å². The van der Waals surface area contributed by atoms with E-state index in [4.69, 9.17) is 4.74 Å². The number of nitrogens with zero attached hydrogens (tertiary/aromatic N) is 2. The summed E-state index contributed by atoms with van der Waals surface area (Å²) in [6.45, 7) is 5.61. The molecule has 0 unspecified atom stereocenters. The lowest BCUT2D eigenvalue weighted by Crippen LogP contribution is -2.45. The molecule has 1 aromatic rings. The highest BCUT2D eigenvalue weighted by Crippen LogP contribution is 2.23. The Morgan fingerprint density at radius 2 is 2.31 bits per heavy atom. The van der Waals surface area contributed by atoms with Crippen LogP contribution in [0.4, 0.5) is 0 Å². The highest BCUT2D eigenvalue weighted by molar-refractivity contribution is 5.02. The second kappa shape index (κ2) is 5.37. The van der Waals surface area contributed by atoms with Crippen molar-refractivity contribution in [2.45, 2.75) is 45.4 Å². The smallest absolute Gasteiger partial charge is 0.125 e. The van der Waals surface area contributed by atoms with Gasteiger partial charge in [-0.2, -0.15) is 0 Å². The Morgan fingerprint density at radius 1 is 1.50 bits per heavy atom. The summed E-state index contributed by atoms with van der Waals surface area (Å²) in [5.74, 6) is 0.833. The molecule has 16 heavy (non-hydrogen) atoms. The van der Waals surface area contributed by atoms with Crippen LogP contribution in [-0.2, 0) is 11.3 Å². The molecule has 0 bridgehead atoms. The van der Waals surface area contributed by atoms with Crippen LogP contribution in [-0.4, -0.2) is 28.7 Å². The molecule has 0 saturated heterocycles. The largest absolute Gasteiger partial charge is 0.378 e. The zero-order chi connectivity index (χ0) is 11.4. The van der Waals surface area contributed by atoms with Gasteiger partial charge in [0.05, 0.1) is 11.8 Å². The quantitative estimate of drug-likeness (QED) is 0.817. The molecule has 0 amide bonds. The van der Waals surface area contributed by atoms with E-state index in [9.17, 15) is 0 Å². The molecule has 0 atom stereocenters. The van der Waals surface area contributed by atoms with Crippen molar-refractivity contribution in [2.24, 2.45) is 0 Å². The molecule has 1 heterocycles. The van der Waals surface area contributed by atoms with Crippen LogP contribution in [0.15, 0.2) is 12.3 Å². The van der Waals surface area contributed by atoms with Crippen molar-refractivity contribution < 1.29 is 4.74 Å². The molecule has 1 saturated carbocycles. The van der Waals surface area contributed by atoms with E-state index in [1.807, 2.05) is 26.1 Å². The first kappa shape index (κ1) is 11.5. The SMILES string of the molecule is CCOC1CC(NCc2ccnc(C)n2)C1. The van der Waals surface area contributed by atoms with Gasteiger partial charge in [0.1, 0.15) is 5.82 Å². The monoisotopic (exact) mass is 221 g/mol. The van der Waals surface area contributed by atoms with Crippen LogP contribution in [0, 0.1) is 6.92 Å². The Hall–Kier alpha value is -1.00. The molecule has 0 aromatic carbocycles. The van der Waals surface area contributed by atoms with Crippen LogP contribution < -0.4 is 5.32 Å². The number of nitrogens with one attached hydrogen (secondary N) is 1. The second-order valence-corrected chi connectivity index (χ2v) is 4.22. The topological polar surface area (TPSA) is 47.0 Å². The van der Waals surface area contributed by atoms with E-state index in [0.29, 0.717) is 12.1 Å². The van der Waals surface area contributed by atoms with E-state index in [-0.39, 0.29) is 0 Å². The number of hydrogen-bond donors (Lipinski definition) is 1. The first-order chi connectivity index (χ1) is 7.78. The first-order valence-electron chi connectivity index (χ1n) is 5.91. The lowest BCUT2D eigenvalue weighted by atomic mass is 9.89. The summed E-state index contributed by atoms with van der Waals surface area (Å²) < 4.78 is 5.51. The predicted molar refractivity (Wildman–Crippen MR) is 62.0 cm³/mol. The van der Waals surface area contributed by atoms with Crippen molar-refractivity contribution in [2.75, 3.05) is 6.61 Å². The number of aromatic nitrogens is 2. The Kier molecular flexibility index (Phi) is 3.85. The van der Waals surface area contributed by atoms with Crippen molar-refractivity contribution in [1.82, 2.24) is 15.3 Å². The van der Waals surface area contributed by atoms with Crippen molar-refractivity contribution in [3.63, 3.8) is 0 Å². The highest BCUT2D eigenvalue weighted by atomic mass is 16.5. The molecule has 4 nitrogen and oxygen atoms in total. The maximum Gasteiger partial charge on any atom is 0.125 e. The van der Waals surface area contributed by atoms with Crippen molar-refractivity contribution in [1.29, 1.82) is 0 Å². The molecular weight excluding hydrogens is 202 g/mol. The molecule has 2 rings (SSSR count). The molecule has 4 heteroatoms. The van der Waals surface area contributed by atoms with E-state index >= 15 is 0 Å². The van der Waals surface area contributed by atoms with Gasteiger partial charge in [0.25, 0.3) is 0 Å². The lowest BCUT2D eigenvalue weighted by Gasteiger charge is -2.35. The van der Waals surface area contributed by atoms with Crippen molar-refractivity contribution in [3.05, 3.63) is 23.8 Å². The Bertz CT molecular complexity index is 337. The average molecular weight is 221 g/mol. The fraction of sp³-hybridized carbons (Fsp3) is 0.667. The van der Waals surface area contributed by atoms with Gasteiger partial charge in [-0.05, 0) is 32.8 Å². The van der Waals surface area contributed by atoms with E-state index in [1.54, 1.807) is 0 Å². The Labute approximate surface area is 96.4 Å². The molecule has 1 aliphatic carbocycles. The minimum absolute atomic E-state index is 0.467. The van der Waals surface area contributed by atoms with Gasteiger partial charge in [-0.3, -0.25) is 0 Å². The minimum atomic E-state index is 0.467. The standard InChI is InChI=1S/C12H19N3O/c1-3-16-12-6-11(7-12)14-8-10-4-5-13-9(2)15-10/h4-5,11-12,14H,3,6-8H2,1-2H3. The van der Waals surface area contributed by atoms with E-state index in [1.165, 1.54) is 0 Å². The van der Waals surface area contributed by atoms with Crippen molar-refractivity contribution >= 4 is 0 Å². The van der Waals surface area contributed by atoms with E-state index in [2.05, 4.69) is 15.3 Å². The number of ether oxygens (including phenoxy) is 1. The van der Waals surface area contributed by atoms with Gasteiger partial charge < -0.3 is 10.1 Å². The maximum atomic E-state index is 5.51. The van der Waals surface area contributed by atoms with Crippen LogP contribution in [0.5, 0.6) is 0 Å². The summed E-state index contributed by atoms with van der Waals surface area (Å²) in [6.07, 6.45) is 4.52. The molecule has 0 radical (unpaired) electrons. The maximum absolute atomic E-state index is 5.51. The molecule has 1 fully saturated rings. The molecule has 0 aliphatic heterocycles. The van der Waals surface area contributed by atoms with Crippen LogP contribution in [0.2, 0.25) is 0 Å². The van der Waals surface area contributed by atoms with Crippen LogP contribution in [0.1, 0.15) is 31.3 Å². The lowest BCUT2D eigenvalue weighted by molar-refractivity contribution is -0.0103. The van der Waals surface area contributed by atoms with Gasteiger partial charge in [0, 0.05) is 25.4 Å². The van der Waals surface area contributed by atoms with Crippen molar-refractivity contribution in [3.8, 4) is 0 Å². The predicted octanol–water partition coefficient (Wildman–Crippen LogP) is 1.44. The summed E-state index contributed by atoms with van der Waals surface area (Å²) in [4.78, 5) is 8.43. The summed E-state index contributed by atoms with van der Waals surface area (Å²) >= 11 is 0. The number of rotatable bonds is 5. The van der Waals surface area contributed by atoms with E-state index in [0.717, 1.165) is 37.5 Å². The fourth-order valence-corrected chi connectivity index (χ4v) is 1.96. The summed E-state index contributed by atoms with van der Waals surface area (Å²) in [5, 5.41) is 3.48. The Morgan fingerprint density at radius 3 is 3.00 bits per heavy atom. The normalized spacial score (nSPS) is 24.1. The summed E-state index contributed by atoms with van der Waals surface area (Å²) in [5.41, 5.74) is 1.06. The zero-order valence-corrected chi connectivity index (χ0v) is 9.94.